The third-order valence-electron chi connectivity index (χ3n) is 3.45. The van der Waals surface area contributed by atoms with Crippen LogP contribution in [0, 0.1) is 12.3 Å². The number of terminal acetylenes is 1. The first-order valence-electron chi connectivity index (χ1n) is 8.69. The van der Waals surface area contributed by atoms with Gasteiger partial charge in [-0.3, -0.25) is 0 Å². The Labute approximate surface area is 140 Å². The molecule has 0 saturated carbocycles. The quantitative estimate of drug-likeness (QED) is 0.318. The topological polar surface area (TPSA) is 64.6 Å². The summed E-state index contributed by atoms with van der Waals surface area (Å²) in [6.07, 6.45) is 13.2. The van der Waals surface area contributed by atoms with E-state index in [9.17, 15) is 9.59 Å². The number of ether oxygens (including phenoxy) is 2. The van der Waals surface area contributed by atoms with E-state index >= 15 is 0 Å². The van der Waals surface area contributed by atoms with Crippen molar-refractivity contribution in [1.82, 2.24) is 5.32 Å². The van der Waals surface area contributed by atoms with Crippen molar-refractivity contribution in [3.05, 3.63) is 0 Å². The van der Waals surface area contributed by atoms with Crippen LogP contribution in [0.4, 0.5) is 4.79 Å². The Kier molecular flexibility index (Phi) is 14.1. The lowest BCUT2D eigenvalue weighted by Gasteiger charge is -2.17. The van der Waals surface area contributed by atoms with E-state index in [2.05, 4.69) is 25.1 Å². The lowest BCUT2D eigenvalue weighted by Crippen LogP contribution is -2.42. The molecule has 0 rings (SSSR count). The molecule has 0 radical (unpaired) electrons. The minimum atomic E-state index is -0.675. The van der Waals surface area contributed by atoms with Crippen molar-refractivity contribution < 1.29 is 19.1 Å². The first-order valence-corrected chi connectivity index (χ1v) is 8.69. The fourth-order valence-corrected chi connectivity index (χ4v) is 2.12. The van der Waals surface area contributed by atoms with Gasteiger partial charge in [-0.25, -0.2) is 9.59 Å². The molecule has 1 unspecified atom stereocenters. The molecule has 0 aromatic rings. The maximum absolute atomic E-state index is 12.1. The van der Waals surface area contributed by atoms with Gasteiger partial charge in [0, 0.05) is 0 Å². The summed E-state index contributed by atoms with van der Waals surface area (Å²) in [5.74, 6) is 1.82. The van der Waals surface area contributed by atoms with Gasteiger partial charge in [0.2, 0.25) is 0 Å². The number of unbranched alkanes of at least 4 members (excludes halogenated alkanes) is 6. The Balaban J connectivity index is 4.24. The molecule has 0 aromatic carbocycles. The molecule has 5 nitrogen and oxygen atoms in total. The van der Waals surface area contributed by atoms with E-state index < -0.39 is 18.1 Å². The largest absolute Gasteiger partial charge is 0.464 e. The van der Waals surface area contributed by atoms with Crippen LogP contribution in [0.2, 0.25) is 0 Å². The van der Waals surface area contributed by atoms with Crippen LogP contribution in [-0.2, 0) is 14.3 Å². The summed E-state index contributed by atoms with van der Waals surface area (Å²) in [6, 6.07) is -0.664. The molecule has 0 spiro atoms. The van der Waals surface area contributed by atoms with E-state index in [0.29, 0.717) is 13.0 Å². The molecule has 23 heavy (non-hydrogen) atoms. The number of amides is 1. The van der Waals surface area contributed by atoms with Gasteiger partial charge in [-0.05, 0) is 12.8 Å². The van der Waals surface area contributed by atoms with Gasteiger partial charge >= 0.3 is 12.1 Å². The molecule has 0 heterocycles. The van der Waals surface area contributed by atoms with Crippen LogP contribution in [0.15, 0.2) is 0 Å². The predicted octanol–water partition coefficient (Wildman–Crippen LogP) is 3.81. The maximum Gasteiger partial charge on any atom is 0.408 e. The molecule has 5 heteroatoms. The smallest absolute Gasteiger partial charge is 0.408 e. The molecule has 1 N–H and O–H groups in total. The van der Waals surface area contributed by atoms with Crippen molar-refractivity contribution in [3.8, 4) is 12.3 Å². The van der Waals surface area contributed by atoms with Crippen LogP contribution in [0.5, 0.6) is 0 Å². The molecule has 0 bridgehead atoms. The Morgan fingerprint density at radius 2 is 1.65 bits per heavy atom. The summed E-state index contributed by atoms with van der Waals surface area (Å²) in [6.45, 7) is 4.54. The summed E-state index contributed by atoms with van der Waals surface area (Å²) < 4.78 is 10.0. The van der Waals surface area contributed by atoms with Crippen molar-refractivity contribution in [2.24, 2.45) is 0 Å². The molecule has 0 aromatic heterocycles. The van der Waals surface area contributed by atoms with Crippen molar-refractivity contribution in [1.29, 1.82) is 0 Å². The van der Waals surface area contributed by atoms with Gasteiger partial charge in [0.05, 0.1) is 6.61 Å². The molecule has 1 atom stereocenters. The lowest BCUT2D eigenvalue weighted by molar-refractivity contribution is -0.146. The van der Waals surface area contributed by atoms with Gasteiger partial charge in [-0.2, -0.15) is 0 Å². The van der Waals surface area contributed by atoms with E-state index in [1.165, 1.54) is 0 Å². The standard InChI is InChI=1S/C18H31NO4/c1-4-7-9-11-13-16(19-18(21)23-14-6-3)17(20)22-15-12-10-8-5-2/h3,16H,4-5,7-15H2,1-2H3,(H,19,21). The highest BCUT2D eigenvalue weighted by molar-refractivity contribution is 5.81. The minimum absolute atomic E-state index is 0.111. The molecule has 0 fully saturated rings. The fraction of sp³-hybridized carbons (Fsp3) is 0.778. The van der Waals surface area contributed by atoms with Gasteiger partial charge in [0.1, 0.15) is 6.04 Å². The molecule has 132 valence electrons. The van der Waals surface area contributed by atoms with Crippen LogP contribution in [-0.4, -0.2) is 31.3 Å². The maximum atomic E-state index is 12.1. The Bertz CT molecular complexity index is 363. The Hall–Kier alpha value is -1.70. The van der Waals surface area contributed by atoms with Gasteiger partial charge in [0.15, 0.2) is 6.61 Å². The van der Waals surface area contributed by atoms with E-state index in [0.717, 1.165) is 51.4 Å². The molecule has 1 amide bonds. The highest BCUT2D eigenvalue weighted by Crippen LogP contribution is 2.08. The van der Waals surface area contributed by atoms with Crippen molar-refractivity contribution in [2.45, 2.75) is 77.7 Å². The highest BCUT2D eigenvalue weighted by Gasteiger charge is 2.22. The van der Waals surface area contributed by atoms with Gasteiger partial charge in [-0.15, -0.1) is 6.42 Å². The zero-order chi connectivity index (χ0) is 17.3. The number of rotatable bonds is 13. The summed E-state index contributed by atoms with van der Waals surface area (Å²) >= 11 is 0. The number of nitrogens with one attached hydrogen (secondary N) is 1. The number of hydrogen-bond acceptors (Lipinski definition) is 4. The van der Waals surface area contributed by atoms with Gasteiger partial charge in [-0.1, -0.05) is 64.7 Å². The summed E-state index contributed by atoms with van der Waals surface area (Å²) in [5, 5.41) is 2.55. The van der Waals surface area contributed by atoms with Crippen LogP contribution >= 0.6 is 0 Å². The predicted molar refractivity (Wildman–Crippen MR) is 91.0 cm³/mol. The highest BCUT2D eigenvalue weighted by atomic mass is 16.6. The minimum Gasteiger partial charge on any atom is -0.464 e. The van der Waals surface area contributed by atoms with E-state index in [-0.39, 0.29) is 6.61 Å². The SMILES string of the molecule is C#CCOC(=O)NC(CCCCCC)C(=O)OCCCCCC. The van der Waals surface area contributed by atoms with Gasteiger partial charge in [0.25, 0.3) is 0 Å². The number of carbonyl (C=O) groups excluding carboxylic acids is 2. The molecule has 0 saturated heterocycles. The monoisotopic (exact) mass is 325 g/mol. The first kappa shape index (κ1) is 21.3. The molecular weight excluding hydrogens is 294 g/mol. The van der Waals surface area contributed by atoms with E-state index in [1.54, 1.807) is 0 Å². The number of esters is 1. The zero-order valence-electron chi connectivity index (χ0n) is 14.6. The average molecular weight is 325 g/mol. The number of hydrogen-bond donors (Lipinski definition) is 1. The molecular formula is C18H31NO4. The van der Waals surface area contributed by atoms with Crippen molar-refractivity contribution in [2.75, 3.05) is 13.2 Å². The number of alkyl carbamates (subject to hydrolysis) is 1. The second kappa shape index (κ2) is 15.2. The van der Waals surface area contributed by atoms with Crippen LogP contribution in [0.3, 0.4) is 0 Å². The van der Waals surface area contributed by atoms with Gasteiger partial charge < -0.3 is 14.8 Å². The lowest BCUT2D eigenvalue weighted by atomic mass is 10.1. The second-order valence-electron chi connectivity index (χ2n) is 5.55. The third-order valence-corrected chi connectivity index (χ3v) is 3.45. The molecule has 0 aliphatic heterocycles. The van der Waals surface area contributed by atoms with Crippen molar-refractivity contribution >= 4 is 12.1 Å². The molecule has 0 aliphatic rings. The second-order valence-corrected chi connectivity index (χ2v) is 5.55. The third kappa shape index (κ3) is 12.5. The summed E-state index contributed by atoms with van der Waals surface area (Å²) in [5.41, 5.74) is 0. The van der Waals surface area contributed by atoms with Crippen LogP contribution in [0.1, 0.15) is 71.6 Å². The first-order chi connectivity index (χ1) is 11.2. The Morgan fingerprint density at radius 1 is 1.00 bits per heavy atom. The zero-order valence-corrected chi connectivity index (χ0v) is 14.6. The average Bonchev–Trinajstić information content (AvgIpc) is 2.55. The summed E-state index contributed by atoms with van der Waals surface area (Å²) in [4.78, 5) is 23.7. The van der Waals surface area contributed by atoms with E-state index in [4.69, 9.17) is 15.9 Å². The molecule has 0 aliphatic carbocycles. The normalized spacial score (nSPS) is 11.3. The van der Waals surface area contributed by atoms with Crippen LogP contribution in [0.25, 0.3) is 0 Å². The van der Waals surface area contributed by atoms with E-state index in [1.807, 2.05) is 0 Å². The number of carbonyl (C=O) groups is 2. The Morgan fingerprint density at radius 3 is 2.26 bits per heavy atom. The fourth-order valence-electron chi connectivity index (χ4n) is 2.12. The van der Waals surface area contributed by atoms with Crippen molar-refractivity contribution in [3.63, 3.8) is 0 Å². The van der Waals surface area contributed by atoms with Crippen LogP contribution < -0.4 is 5.32 Å². The summed E-state index contributed by atoms with van der Waals surface area (Å²) in [7, 11) is 0.